The lowest BCUT2D eigenvalue weighted by Gasteiger charge is -2.31. The fraction of sp³-hybridized carbons (Fsp3) is 0.333. The minimum Gasteiger partial charge on any atom is -0.368 e. The summed E-state index contributed by atoms with van der Waals surface area (Å²) >= 11 is 9.80. The van der Waals surface area contributed by atoms with Crippen molar-refractivity contribution in [2.24, 2.45) is 5.73 Å². The van der Waals surface area contributed by atoms with E-state index in [0.29, 0.717) is 10.6 Å². The molecule has 3 N–H and O–H groups in total. The molecule has 5 nitrogen and oxygen atoms in total. The zero-order chi connectivity index (χ0) is 15.9. The van der Waals surface area contributed by atoms with Crippen molar-refractivity contribution in [1.29, 1.82) is 0 Å². The quantitative estimate of drug-likeness (QED) is 0.836. The van der Waals surface area contributed by atoms with Crippen LogP contribution in [0.1, 0.15) is 15.9 Å². The molecule has 1 aliphatic heterocycles. The van der Waals surface area contributed by atoms with Crippen molar-refractivity contribution in [1.82, 2.24) is 10.3 Å². The molecule has 2 heterocycles. The van der Waals surface area contributed by atoms with Crippen LogP contribution in [0.5, 0.6) is 0 Å². The summed E-state index contributed by atoms with van der Waals surface area (Å²) in [7, 11) is 0. The molecule has 116 valence electrons. The Morgan fingerprint density at radius 1 is 1.45 bits per heavy atom. The fourth-order valence-corrected chi connectivity index (χ4v) is 3.39. The molecular weight excluding hydrogens is 368 g/mol. The number of hydrogen-bond donors (Lipinski definition) is 2. The number of nitrogens with two attached hydrogens (primary N) is 1. The number of benzene rings is 1. The highest BCUT2D eigenvalue weighted by molar-refractivity contribution is 9.10. The van der Waals surface area contributed by atoms with Crippen molar-refractivity contribution < 1.29 is 4.79 Å². The SMILES string of the molecule is Cc1c(Br)c(Cl)cc2c(N3CCNCC3)c(C(N)=O)cnc12. The van der Waals surface area contributed by atoms with Gasteiger partial charge in [-0.3, -0.25) is 9.78 Å². The molecule has 22 heavy (non-hydrogen) atoms. The van der Waals surface area contributed by atoms with E-state index in [0.717, 1.165) is 52.8 Å². The van der Waals surface area contributed by atoms with Crippen LogP contribution in [0.3, 0.4) is 0 Å². The Bertz CT molecular complexity index is 759. The summed E-state index contributed by atoms with van der Waals surface area (Å²) in [6.45, 7) is 5.31. The number of rotatable bonds is 2. The standard InChI is InChI=1S/C15H16BrClN4O/c1-8-12(16)11(17)6-9-13(8)20-7-10(15(18)22)14(9)21-4-2-19-3-5-21/h6-7,19H,2-5H2,1H3,(H2,18,22). The van der Waals surface area contributed by atoms with E-state index in [4.69, 9.17) is 17.3 Å². The van der Waals surface area contributed by atoms with Gasteiger partial charge in [-0.05, 0) is 34.5 Å². The third-order valence-corrected chi connectivity index (χ3v) is 5.50. The Balaban J connectivity index is 2.33. The first-order chi connectivity index (χ1) is 10.5. The van der Waals surface area contributed by atoms with Gasteiger partial charge in [0.2, 0.25) is 0 Å². The molecule has 0 atom stereocenters. The molecule has 0 unspecified atom stereocenters. The maximum Gasteiger partial charge on any atom is 0.252 e. The molecule has 1 aliphatic rings. The van der Waals surface area contributed by atoms with Crippen LogP contribution >= 0.6 is 27.5 Å². The molecule has 0 bridgehead atoms. The normalized spacial score (nSPS) is 15.3. The minimum absolute atomic E-state index is 0.437. The van der Waals surface area contributed by atoms with Crippen LogP contribution in [0.15, 0.2) is 16.7 Å². The largest absolute Gasteiger partial charge is 0.368 e. The summed E-state index contributed by atoms with van der Waals surface area (Å²) in [5.74, 6) is -0.473. The summed E-state index contributed by atoms with van der Waals surface area (Å²) in [5, 5.41) is 4.77. The summed E-state index contributed by atoms with van der Waals surface area (Å²) in [5.41, 5.74) is 8.60. The number of hydrogen-bond acceptors (Lipinski definition) is 4. The first kappa shape index (κ1) is 15.5. The molecule has 1 aromatic carbocycles. The highest BCUT2D eigenvalue weighted by Crippen LogP contribution is 2.37. The van der Waals surface area contributed by atoms with Gasteiger partial charge in [0.25, 0.3) is 5.91 Å². The third kappa shape index (κ3) is 2.55. The molecule has 1 amide bonds. The predicted molar refractivity (Wildman–Crippen MR) is 92.8 cm³/mol. The number of primary amides is 1. The van der Waals surface area contributed by atoms with E-state index in [1.165, 1.54) is 0 Å². The molecule has 0 radical (unpaired) electrons. The number of carbonyl (C=O) groups is 1. The number of pyridine rings is 1. The zero-order valence-electron chi connectivity index (χ0n) is 12.1. The number of amides is 1. The van der Waals surface area contributed by atoms with Gasteiger partial charge in [0.05, 0.1) is 21.8 Å². The van der Waals surface area contributed by atoms with Gasteiger partial charge in [0, 0.05) is 42.2 Å². The van der Waals surface area contributed by atoms with Gasteiger partial charge in [-0.1, -0.05) is 11.6 Å². The van der Waals surface area contributed by atoms with E-state index in [-0.39, 0.29) is 0 Å². The number of carbonyl (C=O) groups excluding carboxylic acids is 1. The molecule has 2 aromatic rings. The lowest BCUT2D eigenvalue weighted by atomic mass is 10.0. The molecule has 1 saturated heterocycles. The number of halogens is 2. The Morgan fingerprint density at radius 3 is 2.77 bits per heavy atom. The predicted octanol–water partition coefficient (Wildman–Crippen LogP) is 2.47. The van der Waals surface area contributed by atoms with Gasteiger partial charge in [-0.15, -0.1) is 0 Å². The summed E-state index contributed by atoms with van der Waals surface area (Å²) < 4.78 is 0.826. The number of anilines is 1. The molecule has 0 aliphatic carbocycles. The number of aromatic nitrogens is 1. The topological polar surface area (TPSA) is 71.2 Å². The fourth-order valence-electron chi connectivity index (χ4n) is 2.84. The molecule has 7 heteroatoms. The van der Waals surface area contributed by atoms with Gasteiger partial charge >= 0.3 is 0 Å². The first-order valence-electron chi connectivity index (χ1n) is 7.03. The lowest BCUT2D eigenvalue weighted by molar-refractivity contribution is 0.100. The summed E-state index contributed by atoms with van der Waals surface area (Å²) in [4.78, 5) is 18.4. The molecule has 3 rings (SSSR count). The van der Waals surface area contributed by atoms with Crippen LogP contribution < -0.4 is 16.0 Å². The van der Waals surface area contributed by atoms with E-state index in [1.54, 1.807) is 6.20 Å². The number of nitrogens with zero attached hydrogens (tertiary/aromatic N) is 2. The van der Waals surface area contributed by atoms with Crippen molar-refractivity contribution in [3.63, 3.8) is 0 Å². The maximum absolute atomic E-state index is 11.8. The van der Waals surface area contributed by atoms with Gasteiger partial charge in [-0.25, -0.2) is 0 Å². The van der Waals surface area contributed by atoms with Crippen molar-refractivity contribution >= 4 is 50.0 Å². The lowest BCUT2D eigenvalue weighted by Crippen LogP contribution is -2.44. The van der Waals surface area contributed by atoms with E-state index in [1.807, 2.05) is 13.0 Å². The molecule has 0 saturated carbocycles. The number of aryl methyl sites for hydroxylation is 1. The third-order valence-electron chi connectivity index (χ3n) is 3.95. The Labute approximate surface area is 141 Å². The van der Waals surface area contributed by atoms with Crippen molar-refractivity contribution in [2.45, 2.75) is 6.92 Å². The second-order valence-corrected chi connectivity index (χ2v) is 6.52. The second-order valence-electron chi connectivity index (χ2n) is 5.32. The highest BCUT2D eigenvalue weighted by Gasteiger charge is 2.22. The van der Waals surface area contributed by atoms with Crippen LogP contribution in [0.2, 0.25) is 5.02 Å². The van der Waals surface area contributed by atoms with Crippen molar-refractivity contribution in [3.05, 3.63) is 32.9 Å². The van der Waals surface area contributed by atoms with Gasteiger partial charge in [0.15, 0.2) is 0 Å². The molecule has 0 spiro atoms. The Hall–Kier alpha value is -1.37. The zero-order valence-corrected chi connectivity index (χ0v) is 14.5. The number of fused-ring (bicyclic) bond motifs is 1. The van der Waals surface area contributed by atoms with Gasteiger partial charge < -0.3 is 16.0 Å². The van der Waals surface area contributed by atoms with Crippen molar-refractivity contribution in [3.8, 4) is 0 Å². The van der Waals surface area contributed by atoms with Crippen molar-refractivity contribution in [2.75, 3.05) is 31.1 Å². The van der Waals surface area contributed by atoms with E-state index < -0.39 is 5.91 Å². The van der Waals surface area contributed by atoms with E-state index >= 15 is 0 Å². The first-order valence-corrected chi connectivity index (χ1v) is 8.20. The summed E-state index contributed by atoms with van der Waals surface area (Å²) in [6.07, 6.45) is 1.56. The van der Waals surface area contributed by atoms with Gasteiger partial charge in [0.1, 0.15) is 0 Å². The minimum atomic E-state index is -0.473. The second kappa shape index (κ2) is 6.02. The van der Waals surface area contributed by atoms with Crippen LogP contribution in [0.25, 0.3) is 10.9 Å². The Morgan fingerprint density at radius 2 is 2.14 bits per heavy atom. The average molecular weight is 384 g/mol. The van der Waals surface area contributed by atoms with Gasteiger partial charge in [-0.2, -0.15) is 0 Å². The van der Waals surface area contributed by atoms with Crippen LogP contribution in [-0.4, -0.2) is 37.1 Å². The summed E-state index contributed by atoms with van der Waals surface area (Å²) in [6, 6.07) is 1.85. The van der Waals surface area contributed by atoms with E-state index in [2.05, 4.69) is 31.1 Å². The smallest absolute Gasteiger partial charge is 0.252 e. The molecule has 1 aromatic heterocycles. The van der Waals surface area contributed by atoms with E-state index in [9.17, 15) is 4.79 Å². The average Bonchev–Trinajstić information content (AvgIpc) is 2.52. The maximum atomic E-state index is 11.8. The highest BCUT2D eigenvalue weighted by atomic mass is 79.9. The number of nitrogens with one attached hydrogen (secondary N) is 1. The number of piperazine rings is 1. The molecular formula is C15H16BrClN4O. The molecule has 1 fully saturated rings. The van der Waals surface area contributed by atoms with Crippen LogP contribution in [0.4, 0.5) is 5.69 Å². The van der Waals surface area contributed by atoms with Crippen LogP contribution in [0, 0.1) is 6.92 Å². The monoisotopic (exact) mass is 382 g/mol. The van der Waals surface area contributed by atoms with Crippen LogP contribution in [-0.2, 0) is 0 Å². The Kier molecular flexibility index (Phi) is 4.25.